The molecule has 1 N–H and O–H groups in total. The van der Waals surface area contributed by atoms with Crippen molar-refractivity contribution in [2.24, 2.45) is 0 Å². The minimum atomic E-state index is -1.02. The molecule has 3 aromatic rings. The summed E-state index contributed by atoms with van der Waals surface area (Å²) >= 11 is 6.12. The number of ether oxygens (including phenoxy) is 1. The molecular formula is C17H12ClNO3. The van der Waals surface area contributed by atoms with Crippen LogP contribution in [-0.2, 0) is 0 Å². The molecule has 0 bridgehead atoms. The normalized spacial score (nSPS) is 10.6. The fraction of sp³-hybridized carbons (Fsp3) is 0.0588. The lowest BCUT2D eigenvalue weighted by Gasteiger charge is -2.10. The lowest BCUT2D eigenvalue weighted by molar-refractivity contribution is 0.0699. The third-order valence-electron chi connectivity index (χ3n) is 3.38. The summed E-state index contributed by atoms with van der Waals surface area (Å²) in [5.41, 5.74) is 2.12. The van der Waals surface area contributed by atoms with Crippen molar-refractivity contribution in [1.82, 2.24) is 4.98 Å². The number of hydrogen-bond donors (Lipinski definition) is 1. The topological polar surface area (TPSA) is 59.4 Å². The van der Waals surface area contributed by atoms with E-state index in [0.29, 0.717) is 27.4 Å². The largest absolute Gasteiger partial charge is 0.495 e. The van der Waals surface area contributed by atoms with Gasteiger partial charge >= 0.3 is 5.97 Å². The van der Waals surface area contributed by atoms with Gasteiger partial charge in [-0.1, -0.05) is 41.9 Å². The first-order chi connectivity index (χ1) is 10.6. The summed E-state index contributed by atoms with van der Waals surface area (Å²) in [6, 6.07) is 14.2. The Morgan fingerprint density at radius 3 is 2.55 bits per heavy atom. The highest BCUT2D eigenvalue weighted by molar-refractivity contribution is 6.33. The molecule has 4 nitrogen and oxygen atoms in total. The Morgan fingerprint density at radius 2 is 1.91 bits per heavy atom. The van der Waals surface area contributed by atoms with Gasteiger partial charge in [0.1, 0.15) is 5.75 Å². The number of fused-ring (bicyclic) bond motifs is 1. The summed E-state index contributed by atoms with van der Waals surface area (Å²) in [5.74, 6) is -0.597. The summed E-state index contributed by atoms with van der Waals surface area (Å²) in [6.07, 6.45) is 0. The van der Waals surface area contributed by atoms with E-state index in [-0.39, 0.29) is 5.56 Å². The molecule has 22 heavy (non-hydrogen) atoms. The number of carboxylic acid groups (broad SMARTS) is 1. The molecule has 110 valence electrons. The molecule has 5 heteroatoms. The van der Waals surface area contributed by atoms with E-state index in [2.05, 4.69) is 4.98 Å². The van der Waals surface area contributed by atoms with E-state index < -0.39 is 5.97 Å². The van der Waals surface area contributed by atoms with E-state index in [1.54, 1.807) is 18.2 Å². The van der Waals surface area contributed by atoms with Crippen LogP contribution in [0.15, 0.2) is 48.5 Å². The van der Waals surface area contributed by atoms with E-state index in [1.165, 1.54) is 7.11 Å². The van der Waals surface area contributed by atoms with E-state index >= 15 is 0 Å². The lowest BCUT2D eigenvalue weighted by atomic mass is 10.0. The molecule has 0 unspecified atom stereocenters. The van der Waals surface area contributed by atoms with Crippen LogP contribution >= 0.6 is 11.6 Å². The Hall–Kier alpha value is -2.59. The second-order valence-electron chi connectivity index (χ2n) is 4.73. The van der Waals surface area contributed by atoms with Gasteiger partial charge in [0, 0.05) is 10.9 Å². The van der Waals surface area contributed by atoms with Crippen LogP contribution in [0.1, 0.15) is 10.4 Å². The van der Waals surface area contributed by atoms with Gasteiger partial charge < -0.3 is 9.84 Å². The number of hydrogen-bond acceptors (Lipinski definition) is 3. The number of carbonyl (C=O) groups is 1. The second-order valence-corrected chi connectivity index (χ2v) is 5.14. The maximum atomic E-state index is 11.6. The van der Waals surface area contributed by atoms with Gasteiger partial charge in [-0.2, -0.15) is 0 Å². The van der Waals surface area contributed by atoms with Crippen molar-refractivity contribution in [3.8, 4) is 17.0 Å². The molecule has 0 saturated carbocycles. The van der Waals surface area contributed by atoms with Crippen molar-refractivity contribution in [2.75, 3.05) is 7.11 Å². The van der Waals surface area contributed by atoms with Crippen molar-refractivity contribution in [1.29, 1.82) is 0 Å². The molecule has 0 aliphatic carbocycles. The van der Waals surface area contributed by atoms with Gasteiger partial charge in [0.15, 0.2) is 0 Å². The quantitative estimate of drug-likeness (QED) is 0.784. The van der Waals surface area contributed by atoms with Crippen LogP contribution in [0.25, 0.3) is 22.2 Å². The van der Waals surface area contributed by atoms with Gasteiger partial charge in [-0.25, -0.2) is 9.78 Å². The Labute approximate surface area is 131 Å². The third kappa shape index (κ3) is 2.49. The third-order valence-corrected chi connectivity index (χ3v) is 3.68. The van der Waals surface area contributed by atoms with Crippen LogP contribution in [0.2, 0.25) is 5.02 Å². The predicted octanol–water partition coefficient (Wildman–Crippen LogP) is 4.26. The summed E-state index contributed by atoms with van der Waals surface area (Å²) in [7, 11) is 1.49. The molecule has 0 atom stereocenters. The Morgan fingerprint density at radius 1 is 1.18 bits per heavy atom. The smallest absolute Gasteiger partial charge is 0.336 e. The monoisotopic (exact) mass is 313 g/mol. The Balaban J connectivity index is 2.33. The molecule has 0 radical (unpaired) electrons. The minimum Gasteiger partial charge on any atom is -0.495 e. The highest BCUT2D eigenvalue weighted by Gasteiger charge is 2.15. The van der Waals surface area contributed by atoms with Crippen molar-refractivity contribution in [2.45, 2.75) is 0 Å². The average Bonchev–Trinajstić information content (AvgIpc) is 2.53. The van der Waals surface area contributed by atoms with Gasteiger partial charge in [0.25, 0.3) is 0 Å². The maximum absolute atomic E-state index is 11.6. The second kappa shape index (κ2) is 5.66. The summed E-state index contributed by atoms with van der Waals surface area (Å²) in [5, 5.41) is 10.4. The fourth-order valence-electron chi connectivity index (χ4n) is 2.32. The van der Waals surface area contributed by atoms with Crippen LogP contribution < -0.4 is 4.74 Å². The minimum absolute atomic E-state index is 0.166. The van der Waals surface area contributed by atoms with Crippen LogP contribution in [0, 0.1) is 0 Å². The summed E-state index contributed by atoms with van der Waals surface area (Å²) in [4.78, 5) is 16.1. The molecule has 1 aromatic heterocycles. The van der Waals surface area contributed by atoms with Crippen LogP contribution in [0.5, 0.6) is 5.75 Å². The molecule has 0 aliphatic heterocycles. The van der Waals surface area contributed by atoms with E-state index in [1.807, 2.05) is 30.3 Å². The molecule has 0 aliphatic rings. The van der Waals surface area contributed by atoms with Gasteiger partial charge in [-0.3, -0.25) is 0 Å². The molecule has 3 rings (SSSR count). The molecule has 0 spiro atoms. The number of aromatic carboxylic acids is 1. The zero-order valence-electron chi connectivity index (χ0n) is 11.7. The number of carboxylic acids is 1. The zero-order chi connectivity index (χ0) is 15.7. The standard InChI is InChI=1S/C17H12ClNO3/c1-22-16-8-11-12(17(20)21)7-14(10-5-3-2-4-6-10)19-15(11)9-13(16)18/h2-9H,1H3,(H,20,21). The SMILES string of the molecule is COc1cc2c(C(=O)O)cc(-c3ccccc3)nc2cc1Cl. The number of benzene rings is 2. The van der Waals surface area contributed by atoms with Gasteiger partial charge in [0.2, 0.25) is 0 Å². The van der Waals surface area contributed by atoms with Crippen LogP contribution in [0.3, 0.4) is 0 Å². The first kappa shape index (κ1) is 14.4. The predicted molar refractivity (Wildman–Crippen MR) is 85.7 cm³/mol. The molecule has 0 amide bonds. The lowest BCUT2D eigenvalue weighted by Crippen LogP contribution is -2.01. The molecular weight excluding hydrogens is 302 g/mol. The number of halogens is 1. The van der Waals surface area contributed by atoms with E-state index in [9.17, 15) is 9.90 Å². The van der Waals surface area contributed by atoms with Crippen LogP contribution in [0.4, 0.5) is 0 Å². The Bertz CT molecular complexity index is 863. The van der Waals surface area contributed by atoms with E-state index in [0.717, 1.165) is 5.56 Å². The first-order valence-corrected chi connectivity index (χ1v) is 6.95. The number of nitrogens with zero attached hydrogens (tertiary/aromatic N) is 1. The van der Waals surface area contributed by atoms with Crippen molar-refractivity contribution >= 4 is 28.5 Å². The summed E-state index contributed by atoms with van der Waals surface area (Å²) < 4.78 is 5.15. The van der Waals surface area contributed by atoms with Crippen molar-refractivity contribution in [3.63, 3.8) is 0 Å². The van der Waals surface area contributed by atoms with Crippen molar-refractivity contribution in [3.05, 3.63) is 59.1 Å². The number of methoxy groups -OCH3 is 1. The zero-order valence-corrected chi connectivity index (χ0v) is 12.5. The number of rotatable bonds is 3. The fourth-order valence-corrected chi connectivity index (χ4v) is 2.55. The van der Waals surface area contributed by atoms with Crippen LogP contribution in [-0.4, -0.2) is 23.2 Å². The molecule has 1 heterocycles. The first-order valence-electron chi connectivity index (χ1n) is 6.57. The summed E-state index contributed by atoms with van der Waals surface area (Å²) in [6.45, 7) is 0. The van der Waals surface area contributed by atoms with Gasteiger partial charge in [0.05, 0.1) is 28.9 Å². The van der Waals surface area contributed by atoms with Crippen molar-refractivity contribution < 1.29 is 14.6 Å². The molecule has 0 fully saturated rings. The van der Waals surface area contributed by atoms with Gasteiger partial charge in [-0.15, -0.1) is 0 Å². The Kier molecular flexibility index (Phi) is 3.69. The molecule has 0 saturated heterocycles. The molecule has 2 aromatic carbocycles. The maximum Gasteiger partial charge on any atom is 0.336 e. The van der Waals surface area contributed by atoms with E-state index in [4.69, 9.17) is 16.3 Å². The average molecular weight is 314 g/mol. The number of pyridine rings is 1. The van der Waals surface area contributed by atoms with Gasteiger partial charge in [-0.05, 0) is 18.2 Å². The highest BCUT2D eigenvalue weighted by Crippen LogP contribution is 2.32. The highest BCUT2D eigenvalue weighted by atomic mass is 35.5. The number of aromatic nitrogens is 1.